The monoisotopic (exact) mass is 137 g/mol. The van der Waals surface area contributed by atoms with Crippen LogP contribution in [0, 0.1) is 17.4 Å². The first-order valence-electron chi connectivity index (χ1n) is 2.26. The van der Waals surface area contributed by atoms with Crippen molar-refractivity contribution in [1.29, 1.82) is 5.26 Å². The van der Waals surface area contributed by atoms with Crippen molar-refractivity contribution >= 4 is 11.6 Å². The topological polar surface area (TPSA) is 36.7 Å². The van der Waals surface area contributed by atoms with Crippen LogP contribution in [0.2, 0.25) is 5.02 Å². The van der Waals surface area contributed by atoms with Gasteiger partial charge in [-0.1, -0.05) is 11.6 Å². The van der Waals surface area contributed by atoms with Crippen LogP contribution in [-0.2, 0) is 0 Å². The van der Waals surface area contributed by atoms with Crippen molar-refractivity contribution in [2.24, 2.45) is 0 Å². The van der Waals surface area contributed by atoms with E-state index in [1.807, 2.05) is 6.07 Å². The van der Waals surface area contributed by atoms with E-state index in [9.17, 15) is 0 Å². The summed E-state index contributed by atoms with van der Waals surface area (Å²) in [5.41, 5.74) is 0.363. The highest BCUT2D eigenvalue weighted by Crippen LogP contribution is 2.05. The molecule has 1 rings (SSSR count). The Kier molecular flexibility index (Phi) is 1.66. The molecule has 0 aliphatic rings. The smallest absolute Gasteiger partial charge is 0.101 e. The number of halogens is 1. The van der Waals surface area contributed by atoms with Crippen molar-refractivity contribution in [2.75, 3.05) is 0 Å². The molecular formula is C6H2ClN2. The van der Waals surface area contributed by atoms with Crippen molar-refractivity contribution in [3.8, 4) is 6.07 Å². The van der Waals surface area contributed by atoms with E-state index < -0.39 is 0 Å². The molecule has 9 heavy (non-hydrogen) atoms. The van der Waals surface area contributed by atoms with Gasteiger partial charge >= 0.3 is 0 Å². The summed E-state index contributed by atoms with van der Waals surface area (Å²) in [6, 6.07) is 4.46. The number of nitriles is 1. The molecule has 2 nitrogen and oxygen atoms in total. The maximum atomic E-state index is 8.28. The first-order chi connectivity index (χ1) is 4.33. The van der Waals surface area contributed by atoms with Crippen LogP contribution in [0.1, 0.15) is 5.56 Å². The second kappa shape index (κ2) is 2.47. The summed E-state index contributed by atoms with van der Waals surface area (Å²) in [4.78, 5) is 3.67. The average molecular weight is 138 g/mol. The molecular weight excluding hydrogens is 136 g/mol. The standard InChI is InChI=1S/C6H2ClN2/c7-6-1-5(2-8)3-9-4-6/h3-4H. The summed E-state index contributed by atoms with van der Waals surface area (Å²) in [6.45, 7) is 0. The van der Waals surface area contributed by atoms with E-state index in [0.29, 0.717) is 10.6 Å². The van der Waals surface area contributed by atoms with Gasteiger partial charge in [0.15, 0.2) is 0 Å². The third kappa shape index (κ3) is 1.41. The summed E-state index contributed by atoms with van der Waals surface area (Å²) < 4.78 is 0. The van der Waals surface area contributed by atoms with Gasteiger partial charge in [0.05, 0.1) is 10.6 Å². The predicted octanol–water partition coefficient (Wildman–Crippen LogP) is 1.41. The minimum absolute atomic E-state index is 0.363. The van der Waals surface area contributed by atoms with Crippen LogP contribution in [0.15, 0.2) is 12.4 Å². The lowest BCUT2D eigenvalue weighted by Gasteiger charge is -1.84. The van der Waals surface area contributed by atoms with Crippen LogP contribution in [0.5, 0.6) is 0 Å². The lowest BCUT2D eigenvalue weighted by Crippen LogP contribution is -1.76. The number of aromatic nitrogens is 1. The van der Waals surface area contributed by atoms with Gasteiger partial charge < -0.3 is 0 Å². The molecule has 0 fully saturated rings. The van der Waals surface area contributed by atoms with Crippen molar-refractivity contribution in [2.45, 2.75) is 0 Å². The van der Waals surface area contributed by atoms with Crippen molar-refractivity contribution < 1.29 is 0 Å². The third-order valence-corrected chi connectivity index (χ3v) is 0.958. The molecule has 0 unspecified atom stereocenters. The molecule has 0 amide bonds. The van der Waals surface area contributed by atoms with Crippen molar-refractivity contribution in [1.82, 2.24) is 4.98 Å². The van der Waals surface area contributed by atoms with Crippen LogP contribution in [0.3, 0.4) is 0 Å². The largest absolute Gasteiger partial charge is 0.262 e. The van der Waals surface area contributed by atoms with Gasteiger partial charge in [0.1, 0.15) is 6.07 Å². The molecule has 0 aromatic carbocycles. The molecule has 0 N–H and O–H groups in total. The summed E-state index contributed by atoms with van der Waals surface area (Å²) in [5.74, 6) is 0. The van der Waals surface area contributed by atoms with Gasteiger partial charge in [-0.2, -0.15) is 5.26 Å². The summed E-state index contributed by atoms with van der Waals surface area (Å²) >= 11 is 5.45. The van der Waals surface area contributed by atoms with E-state index in [2.05, 4.69) is 11.1 Å². The second-order valence-corrected chi connectivity index (χ2v) is 1.81. The maximum absolute atomic E-state index is 8.28. The Morgan fingerprint density at radius 2 is 2.44 bits per heavy atom. The normalized spacial score (nSPS) is 8.44. The highest BCUT2D eigenvalue weighted by Gasteiger charge is 1.90. The molecule has 3 heteroatoms. The zero-order valence-electron chi connectivity index (χ0n) is 4.43. The van der Waals surface area contributed by atoms with Gasteiger partial charge in [0, 0.05) is 18.5 Å². The van der Waals surface area contributed by atoms with Crippen LogP contribution in [-0.4, -0.2) is 4.98 Å². The summed E-state index contributed by atoms with van der Waals surface area (Å²) in [7, 11) is 0. The molecule has 0 saturated carbocycles. The zero-order valence-corrected chi connectivity index (χ0v) is 5.18. The van der Waals surface area contributed by atoms with Gasteiger partial charge in [-0.05, 0) is 0 Å². The molecule has 1 aromatic heterocycles. The first-order valence-corrected chi connectivity index (χ1v) is 2.63. The van der Waals surface area contributed by atoms with Gasteiger partial charge in [-0.25, -0.2) is 0 Å². The van der Waals surface area contributed by atoms with Gasteiger partial charge in [0.2, 0.25) is 0 Å². The van der Waals surface area contributed by atoms with E-state index >= 15 is 0 Å². The molecule has 0 spiro atoms. The van der Waals surface area contributed by atoms with Gasteiger partial charge in [-0.3, -0.25) is 4.98 Å². The molecule has 1 heterocycles. The number of rotatable bonds is 0. The van der Waals surface area contributed by atoms with Crippen LogP contribution >= 0.6 is 11.6 Å². The number of nitrogens with zero attached hydrogens (tertiary/aromatic N) is 2. The third-order valence-electron chi connectivity index (χ3n) is 0.766. The van der Waals surface area contributed by atoms with Crippen molar-refractivity contribution in [3.63, 3.8) is 0 Å². The number of hydrogen-bond donors (Lipinski definition) is 0. The fourth-order valence-electron chi connectivity index (χ4n) is 0.427. The Hall–Kier alpha value is -1.07. The van der Waals surface area contributed by atoms with E-state index in [0.717, 1.165) is 0 Å². The minimum Gasteiger partial charge on any atom is -0.262 e. The van der Waals surface area contributed by atoms with Gasteiger partial charge in [0.25, 0.3) is 0 Å². The van der Waals surface area contributed by atoms with Crippen LogP contribution in [0.25, 0.3) is 0 Å². The zero-order chi connectivity index (χ0) is 6.69. The molecule has 1 aromatic rings. The van der Waals surface area contributed by atoms with Crippen LogP contribution in [0.4, 0.5) is 0 Å². The Morgan fingerprint density at radius 3 is 2.89 bits per heavy atom. The quantitative estimate of drug-likeness (QED) is 0.542. The van der Waals surface area contributed by atoms with Crippen molar-refractivity contribution in [3.05, 3.63) is 29.0 Å². The number of hydrogen-bond acceptors (Lipinski definition) is 2. The maximum Gasteiger partial charge on any atom is 0.101 e. The predicted molar refractivity (Wildman–Crippen MR) is 32.8 cm³/mol. The Labute approximate surface area is 57.7 Å². The Morgan fingerprint density at radius 1 is 1.67 bits per heavy atom. The fourth-order valence-corrected chi connectivity index (χ4v) is 0.585. The van der Waals surface area contributed by atoms with E-state index in [4.69, 9.17) is 16.9 Å². The van der Waals surface area contributed by atoms with E-state index in [1.165, 1.54) is 12.4 Å². The molecule has 43 valence electrons. The van der Waals surface area contributed by atoms with Crippen LogP contribution < -0.4 is 0 Å². The average Bonchev–Trinajstić information content (AvgIpc) is 1.88. The Bertz CT molecular complexity index is 251. The highest BCUT2D eigenvalue weighted by atomic mass is 35.5. The molecule has 0 saturated heterocycles. The SMILES string of the molecule is N#Cc1[c]c(Cl)cnc1. The van der Waals surface area contributed by atoms with Gasteiger partial charge in [-0.15, -0.1) is 0 Å². The lowest BCUT2D eigenvalue weighted by molar-refractivity contribution is 1.30. The van der Waals surface area contributed by atoms with E-state index in [-0.39, 0.29) is 0 Å². The molecule has 0 atom stereocenters. The Balaban J connectivity index is 3.12. The lowest BCUT2D eigenvalue weighted by atomic mass is 10.3. The summed E-state index contributed by atoms with van der Waals surface area (Å²) in [5, 5.41) is 8.65. The highest BCUT2D eigenvalue weighted by molar-refractivity contribution is 6.30. The second-order valence-electron chi connectivity index (χ2n) is 1.41. The fraction of sp³-hybridized carbons (Fsp3) is 0. The first kappa shape index (κ1) is 6.06. The molecule has 0 aliphatic heterocycles. The number of pyridine rings is 1. The van der Waals surface area contributed by atoms with E-state index in [1.54, 1.807) is 0 Å². The molecule has 0 bridgehead atoms. The molecule has 0 aliphatic carbocycles. The molecule has 1 radical (unpaired) electrons. The minimum atomic E-state index is 0.363. The summed E-state index contributed by atoms with van der Waals surface area (Å²) in [6.07, 6.45) is 2.84.